The van der Waals surface area contributed by atoms with Crippen molar-refractivity contribution in [1.29, 1.82) is 5.26 Å². The van der Waals surface area contributed by atoms with Crippen LogP contribution in [0.4, 0.5) is 20.3 Å². The van der Waals surface area contributed by atoms with Crippen molar-refractivity contribution in [1.82, 2.24) is 19.7 Å². The van der Waals surface area contributed by atoms with Crippen LogP contribution in [-0.2, 0) is 10.3 Å². The van der Waals surface area contributed by atoms with Crippen LogP contribution < -0.4 is 10.9 Å². The van der Waals surface area contributed by atoms with E-state index in [1.165, 1.54) is 6.20 Å². The number of fused-ring (bicyclic) bond motifs is 1. The van der Waals surface area contributed by atoms with Gasteiger partial charge in [0.1, 0.15) is 5.39 Å². The van der Waals surface area contributed by atoms with Gasteiger partial charge in [0.15, 0.2) is 5.82 Å². The molecule has 1 fully saturated rings. The zero-order valence-corrected chi connectivity index (χ0v) is 21.2. The van der Waals surface area contributed by atoms with Crippen molar-refractivity contribution >= 4 is 40.1 Å². The number of hydrogen-bond acceptors (Lipinski definition) is 6. The summed E-state index contributed by atoms with van der Waals surface area (Å²) in [6.07, 6.45) is 2.08. The molecule has 1 aromatic carbocycles. The normalized spacial score (nSPS) is 15.8. The number of benzene rings is 1. The fourth-order valence-corrected chi connectivity index (χ4v) is 5.40. The number of anilines is 2. The van der Waals surface area contributed by atoms with E-state index in [2.05, 4.69) is 30.2 Å². The van der Waals surface area contributed by atoms with Crippen LogP contribution >= 0.6 is 11.8 Å². The molecule has 2 N–H and O–H groups in total. The number of nitriles is 1. The molecule has 0 unspecified atom stereocenters. The maximum atomic E-state index is 13.6. The van der Waals surface area contributed by atoms with Gasteiger partial charge in [-0.05, 0) is 43.2 Å². The number of carbonyl (C=O) groups excluding carboxylic acids is 1. The predicted molar refractivity (Wildman–Crippen MR) is 136 cm³/mol. The monoisotopic (exact) mass is 514 g/mol. The summed E-state index contributed by atoms with van der Waals surface area (Å²) in [5.41, 5.74) is 0.0960. The second-order valence-electron chi connectivity index (χ2n) is 9.38. The maximum Gasteiger partial charge on any atom is 0.322 e. The average Bonchev–Trinajstić information content (AvgIpc) is 3.20. The first-order chi connectivity index (χ1) is 17.0. The Kier molecular flexibility index (Phi) is 7.09. The third-order valence-electron chi connectivity index (χ3n) is 6.31. The van der Waals surface area contributed by atoms with Crippen molar-refractivity contribution in [2.24, 2.45) is 0 Å². The number of amides is 1. The number of halogens is 2. The number of likely N-dealkylation sites (tertiary alicyclic amines) is 1. The highest BCUT2D eigenvalue weighted by atomic mass is 32.2. The molecule has 11 heteroatoms. The quantitative estimate of drug-likeness (QED) is 0.437. The Labute approximate surface area is 211 Å². The molecule has 1 aliphatic heterocycles. The molecule has 1 saturated heterocycles. The van der Waals surface area contributed by atoms with Crippen LogP contribution in [0.15, 0.2) is 46.2 Å². The van der Waals surface area contributed by atoms with Crippen LogP contribution in [0.5, 0.6) is 0 Å². The van der Waals surface area contributed by atoms with Gasteiger partial charge in [0, 0.05) is 42.0 Å². The van der Waals surface area contributed by atoms with Crippen molar-refractivity contribution in [2.75, 3.05) is 18.4 Å². The second kappa shape index (κ2) is 9.93. The molecule has 0 saturated carbocycles. The number of nitrogens with zero attached hydrogens (tertiary/aromatic N) is 4. The molecular formula is C25H28F2N6O2S. The van der Waals surface area contributed by atoms with Gasteiger partial charge in [-0.3, -0.25) is 14.3 Å². The van der Waals surface area contributed by atoms with Gasteiger partial charge in [0.25, 0.3) is 11.5 Å². The fourth-order valence-electron chi connectivity index (χ4n) is 4.57. The Balaban J connectivity index is 1.70. The van der Waals surface area contributed by atoms with E-state index in [0.29, 0.717) is 28.9 Å². The van der Waals surface area contributed by atoms with Crippen LogP contribution in [0.2, 0.25) is 0 Å². The van der Waals surface area contributed by atoms with Crippen molar-refractivity contribution in [3.63, 3.8) is 0 Å². The Morgan fingerprint density at radius 1 is 1.28 bits per heavy atom. The molecule has 4 rings (SSSR count). The summed E-state index contributed by atoms with van der Waals surface area (Å²) in [5.74, 6) is -4.34. The number of aromatic amines is 1. The summed E-state index contributed by atoms with van der Waals surface area (Å²) in [7, 11) is 0. The maximum absolute atomic E-state index is 13.6. The number of hydrogen-bond donors (Lipinski definition) is 2. The van der Waals surface area contributed by atoms with Crippen molar-refractivity contribution in [2.45, 2.75) is 61.6 Å². The molecule has 3 heterocycles. The van der Waals surface area contributed by atoms with Gasteiger partial charge >= 0.3 is 5.92 Å². The van der Waals surface area contributed by atoms with E-state index in [1.807, 2.05) is 24.3 Å². The van der Waals surface area contributed by atoms with Crippen LogP contribution in [-0.4, -0.2) is 49.8 Å². The van der Waals surface area contributed by atoms with E-state index in [0.717, 1.165) is 15.5 Å². The Bertz CT molecular complexity index is 1350. The van der Waals surface area contributed by atoms with Crippen LogP contribution in [0, 0.1) is 11.3 Å². The van der Waals surface area contributed by atoms with Gasteiger partial charge in [-0.2, -0.15) is 19.1 Å². The van der Waals surface area contributed by atoms with Gasteiger partial charge in [0.2, 0.25) is 0 Å². The Hall–Kier alpha value is -3.39. The first kappa shape index (κ1) is 25.7. The lowest BCUT2D eigenvalue weighted by Crippen LogP contribution is -2.51. The third-order valence-corrected chi connectivity index (χ3v) is 7.32. The largest absolute Gasteiger partial charge is 0.338 e. The molecule has 0 radical (unpaired) electrons. The minimum Gasteiger partial charge on any atom is -0.338 e. The standard InChI is InChI=1S/C25H28F2N6O2S/c1-16(2)36-18-6-4-17(5-7-18)30-21-20-19(8-13-29-22(20)34)33(31-21)25(9-12-28)10-14-32(15-11-25)23(35)24(3,26)27/h4-8,13,16H,9-11,14-15H2,1-3H3,(H,29,34)(H,30,31). The highest BCUT2D eigenvalue weighted by Crippen LogP contribution is 2.38. The number of alkyl halides is 2. The predicted octanol–water partition coefficient (Wildman–Crippen LogP) is 4.86. The highest BCUT2D eigenvalue weighted by molar-refractivity contribution is 7.99. The minimum atomic E-state index is -3.46. The van der Waals surface area contributed by atoms with E-state index >= 15 is 0 Å². The summed E-state index contributed by atoms with van der Waals surface area (Å²) >= 11 is 1.74. The molecule has 190 valence electrons. The van der Waals surface area contributed by atoms with E-state index < -0.39 is 17.4 Å². The molecular weight excluding hydrogens is 486 g/mol. The van der Waals surface area contributed by atoms with Crippen LogP contribution in [0.3, 0.4) is 0 Å². The number of piperidine rings is 1. The average molecular weight is 515 g/mol. The number of nitrogens with one attached hydrogen (secondary N) is 2. The van der Waals surface area contributed by atoms with Crippen molar-refractivity contribution in [3.05, 3.63) is 46.9 Å². The van der Waals surface area contributed by atoms with Gasteiger partial charge in [0.05, 0.1) is 23.5 Å². The van der Waals surface area contributed by atoms with Gasteiger partial charge in [-0.25, -0.2) is 0 Å². The Morgan fingerprint density at radius 2 is 1.94 bits per heavy atom. The summed E-state index contributed by atoms with van der Waals surface area (Å²) in [4.78, 5) is 29.9. The fraction of sp³-hybridized carbons (Fsp3) is 0.440. The second-order valence-corrected chi connectivity index (χ2v) is 11.0. The highest BCUT2D eigenvalue weighted by Gasteiger charge is 2.44. The molecule has 0 aliphatic carbocycles. The van der Waals surface area contributed by atoms with E-state index in [9.17, 15) is 23.6 Å². The van der Waals surface area contributed by atoms with Gasteiger partial charge in [-0.15, -0.1) is 11.8 Å². The minimum absolute atomic E-state index is 0.0572. The molecule has 0 atom stereocenters. The molecule has 0 bridgehead atoms. The lowest BCUT2D eigenvalue weighted by Gasteiger charge is -2.41. The van der Waals surface area contributed by atoms with E-state index in [1.54, 1.807) is 22.5 Å². The molecule has 0 spiro atoms. The molecule has 1 aliphatic rings. The number of thioether (sulfide) groups is 1. The van der Waals surface area contributed by atoms with Gasteiger partial charge < -0.3 is 15.2 Å². The van der Waals surface area contributed by atoms with Crippen molar-refractivity contribution < 1.29 is 13.6 Å². The van der Waals surface area contributed by atoms with Crippen LogP contribution in [0.1, 0.15) is 40.0 Å². The third kappa shape index (κ3) is 5.09. The SMILES string of the molecule is CC(C)Sc1ccc(Nc2nn(C3(CC#N)CCN(C(=O)C(C)(F)F)CC3)c3cc[nH]c(=O)c23)cc1. The zero-order chi connectivity index (χ0) is 26.1. The number of carbonyl (C=O) groups is 1. The summed E-state index contributed by atoms with van der Waals surface area (Å²) in [6, 6.07) is 11.7. The Morgan fingerprint density at radius 3 is 2.53 bits per heavy atom. The molecule has 36 heavy (non-hydrogen) atoms. The summed E-state index contributed by atoms with van der Waals surface area (Å²) in [6.45, 7) is 4.95. The van der Waals surface area contributed by atoms with E-state index in [-0.39, 0.29) is 37.9 Å². The number of rotatable bonds is 7. The molecule has 1 amide bonds. The molecule has 2 aromatic heterocycles. The summed E-state index contributed by atoms with van der Waals surface area (Å²) < 4.78 is 28.9. The lowest BCUT2D eigenvalue weighted by atomic mass is 9.84. The number of H-pyrrole nitrogens is 1. The smallest absolute Gasteiger partial charge is 0.322 e. The van der Waals surface area contributed by atoms with Crippen molar-refractivity contribution in [3.8, 4) is 6.07 Å². The van der Waals surface area contributed by atoms with E-state index in [4.69, 9.17) is 5.10 Å². The first-order valence-electron chi connectivity index (χ1n) is 11.7. The number of aromatic nitrogens is 3. The zero-order valence-electron chi connectivity index (χ0n) is 20.3. The first-order valence-corrected chi connectivity index (χ1v) is 12.6. The topological polar surface area (TPSA) is 107 Å². The number of pyridine rings is 1. The molecule has 8 nitrogen and oxygen atoms in total. The lowest BCUT2D eigenvalue weighted by molar-refractivity contribution is -0.157. The summed E-state index contributed by atoms with van der Waals surface area (Å²) in [5, 5.41) is 18.4. The van der Waals surface area contributed by atoms with Crippen LogP contribution in [0.25, 0.3) is 10.9 Å². The van der Waals surface area contributed by atoms with Gasteiger partial charge in [-0.1, -0.05) is 13.8 Å². The molecule has 3 aromatic rings.